The Morgan fingerprint density at radius 3 is 2.12 bits per heavy atom. The molecule has 0 saturated carbocycles. The fraction of sp³-hybridized carbons (Fsp3) is 0.714. The van der Waals surface area contributed by atoms with Gasteiger partial charge in [-0.2, -0.15) is 24.4 Å². The van der Waals surface area contributed by atoms with E-state index in [4.69, 9.17) is 16.7 Å². The lowest BCUT2D eigenvalue weighted by Crippen LogP contribution is -2.56. The second-order valence-electron chi connectivity index (χ2n) is 14.8. The number of thioether (sulfide) groups is 1. The van der Waals surface area contributed by atoms with Crippen molar-refractivity contribution in [2.75, 3.05) is 31.1 Å². The molecule has 14 N–H and O–H groups in total. The zero-order valence-corrected chi connectivity index (χ0v) is 35.0. The molecule has 2 aliphatic rings. The zero-order chi connectivity index (χ0) is 44.1. The molecule has 2 rings (SSSR count). The molecular formula is C35H59N11O11S2. The van der Waals surface area contributed by atoms with Crippen molar-refractivity contribution in [3.05, 3.63) is 0 Å². The fourth-order valence-electron chi connectivity index (χ4n) is 6.41. The van der Waals surface area contributed by atoms with E-state index < -0.39 is 97.2 Å². The quantitative estimate of drug-likeness (QED) is 0.0120. The summed E-state index contributed by atoms with van der Waals surface area (Å²) in [4.78, 5) is 123. The van der Waals surface area contributed by atoms with E-state index in [1.807, 2.05) is 11.8 Å². The van der Waals surface area contributed by atoms with Crippen LogP contribution in [-0.2, 0) is 43.2 Å². The number of primary amides is 2. The summed E-state index contributed by atoms with van der Waals surface area (Å²) >= 11 is 5.88. The molecule has 1 unspecified atom stereocenters. The SMILES string of the molecule is CC(C)CC(CC(=O)NO)C(=O)N[C@@H](CC(N)=O)C(=O)N[C@@H](CS)C(=O)NCC(=O)NCC(=O)N[C@@H](CCCCNC(=O)CCCC[C@@H]1SC[C@@H]2NC(=O)N[C@@H]21)C(N)=O. The highest BCUT2D eigenvalue weighted by atomic mass is 32.2. The van der Waals surface area contributed by atoms with Gasteiger partial charge in [-0.15, -0.1) is 0 Å². The minimum atomic E-state index is -1.53. The largest absolute Gasteiger partial charge is 0.370 e. The van der Waals surface area contributed by atoms with Crippen LogP contribution >= 0.6 is 24.4 Å². The van der Waals surface area contributed by atoms with Crippen molar-refractivity contribution in [3.63, 3.8) is 0 Å². The number of thiol groups is 1. The van der Waals surface area contributed by atoms with Gasteiger partial charge in [0.05, 0.1) is 31.6 Å². The summed E-state index contributed by atoms with van der Waals surface area (Å²) in [5, 5.41) is 29.6. The number of unbranched alkanes of at least 4 members (excludes halogenated alkanes) is 2. The van der Waals surface area contributed by atoms with E-state index in [0.29, 0.717) is 31.1 Å². The number of fused-ring (bicyclic) bond motifs is 1. The number of nitrogens with one attached hydrogen (secondary N) is 9. The lowest BCUT2D eigenvalue weighted by atomic mass is 9.92. The van der Waals surface area contributed by atoms with Crippen LogP contribution in [0.1, 0.15) is 78.1 Å². The van der Waals surface area contributed by atoms with E-state index in [0.717, 1.165) is 25.0 Å². The smallest absolute Gasteiger partial charge is 0.315 e. The molecule has 59 heavy (non-hydrogen) atoms. The van der Waals surface area contributed by atoms with Gasteiger partial charge in [-0.25, -0.2) is 10.3 Å². The molecular weight excluding hydrogens is 815 g/mol. The van der Waals surface area contributed by atoms with Crippen LogP contribution in [0.4, 0.5) is 4.79 Å². The third-order valence-corrected chi connectivity index (χ3v) is 11.3. The van der Waals surface area contributed by atoms with E-state index in [2.05, 4.69) is 55.2 Å². The van der Waals surface area contributed by atoms with E-state index in [1.165, 1.54) is 5.48 Å². The van der Waals surface area contributed by atoms with Crippen molar-refractivity contribution in [1.82, 2.24) is 48.0 Å². The van der Waals surface area contributed by atoms with Crippen LogP contribution in [0.5, 0.6) is 0 Å². The molecule has 2 heterocycles. The third kappa shape index (κ3) is 19.2. The molecule has 332 valence electrons. The van der Waals surface area contributed by atoms with Crippen molar-refractivity contribution in [2.45, 2.75) is 114 Å². The Bertz CT molecular complexity index is 1520. The van der Waals surface area contributed by atoms with Gasteiger partial charge >= 0.3 is 6.03 Å². The number of nitrogens with two attached hydrogens (primary N) is 2. The zero-order valence-electron chi connectivity index (χ0n) is 33.3. The maximum absolute atomic E-state index is 13.0. The van der Waals surface area contributed by atoms with Gasteiger partial charge in [-0.1, -0.05) is 20.3 Å². The van der Waals surface area contributed by atoms with Gasteiger partial charge in [0.1, 0.15) is 18.1 Å². The summed E-state index contributed by atoms with van der Waals surface area (Å²) in [5.74, 6) is -7.22. The molecule has 0 aliphatic carbocycles. The van der Waals surface area contributed by atoms with Crippen molar-refractivity contribution in [2.24, 2.45) is 23.3 Å². The summed E-state index contributed by atoms with van der Waals surface area (Å²) in [6.45, 7) is 2.77. The second kappa shape index (κ2) is 26.3. The van der Waals surface area contributed by atoms with Crippen molar-refractivity contribution < 1.29 is 53.2 Å². The molecule has 2 fully saturated rings. The van der Waals surface area contributed by atoms with E-state index in [1.54, 1.807) is 13.8 Å². The molecule has 24 heteroatoms. The van der Waals surface area contributed by atoms with Crippen LogP contribution < -0.4 is 59.5 Å². The number of hydroxylamine groups is 1. The minimum absolute atomic E-state index is 0.0552. The van der Waals surface area contributed by atoms with Gasteiger partial charge in [0.2, 0.25) is 53.2 Å². The number of carbonyl (C=O) groups excluding carboxylic acids is 10. The molecule has 0 bridgehead atoms. The first-order valence-corrected chi connectivity index (χ1v) is 21.1. The van der Waals surface area contributed by atoms with Crippen LogP contribution in [0.25, 0.3) is 0 Å². The Morgan fingerprint density at radius 2 is 1.47 bits per heavy atom. The number of hydrogen-bond donors (Lipinski definition) is 13. The minimum Gasteiger partial charge on any atom is -0.370 e. The Morgan fingerprint density at radius 1 is 0.780 bits per heavy atom. The van der Waals surface area contributed by atoms with Gasteiger partial charge in [0.25, 0.3) is 0 Å². The molecule has 2 saturated heterocycles. The Hall–Kier alpha value is -4.84. The van der Waals surface area contributed by atoms with E-state index in [-0.39, 0.29) is 48.5 Å². The lowest BCUT2D eigenvalue weighted by Gasteiger charge is -2.24. The van der Waals surface area contributed by atoms with Crippen molar-refractivity contribution in [3.8, 4) is 0 Å². The summed E-state index contributed by atoms with van der Waals surface area (Å²) < 4.78 is 0. The fourth-order valence-corrected chi connectivity index (χ4v) is 8.22. The summed E-state index contributed by atoms with van der Waals surface area (Å²) in [5.41, 5.74) is 12.1. The Balaban J connectivity index is 1.70. The van der Waals surface area contributed by atoms with E-state index >= 15 is 0 Å². The topological polar surface area (TPSA) is 351 Å². The number of amides is 11. The van der Waals surface area contributed by atoms with Crippen LogP contribution in [0.15, 0.2) is 0 Å². The highest BCUT2D eigenvalue weighted by molar-refractivity contribution is 8.00. The monoisotopic (exact) mass is 873 g/mol. The molecule has 7 atom stereocenters. The highest BCUT2D eigenvalue weighted by Crippen LogP contribution is 2.33. The summed E-state index contributed by atoms with van der Waals surface area (Å²) in [6, 6.07) is -3.75. The molecule has 0 radical (unpaired) electrons. The molecule has 0 aromatic rings. The van der Waals surface area contributed by atoms with Crippen molar-refractivity contribution in [1.29, 1.82) is 0 Å². The first-order chi connectivity index (χ1) is 27.9. The Labute approximate surface area is 351 Å². The average Bonchev–Trinajstić information content (AvgIpc) is 3.73. The van der Waals surface area contributed by atoms with Crippen LogP contribution in [0.2, 0.25) is 0 Å². The molecule has 0 aromatic heterocycles. The number of carbonyl (C=O) groups is 10. The predicted octanol–water partition coefficient (Wildman–Crippen LogP) is -3.47. The molecule has 0 spiro atoms. The lowest BCUT2D eigenvalue weighted by molar-refractivity contribution is -0.137. The summed E-state index contributed by atoms with van der Waals surface area (Å²) in [6.07, 6.45) is 3.17. The van der Waals surface area contributed by atoms with Crippen LogP contribution in [0.3, 0.4) is 0 Å². The number of rotatable bonds is 28. The van der Waals surface area contributed by atoms with Gasteiger partial charge in [0, 0.05) is 42.1 Å². The van der Waals surface area contributed by atoms with Gasteiger partial charge in [0.15, 0.2) is 0 Å². The maximum atomic E-state index is 13.0. The first kappa shape index (κ1) is 50.3. The maximum Gasteiger partial charge on any atom is 0.315 e. The second-order valence-corrected chi connectivity index (χ2v) is 16.4. The standard InChI is InChI=1S/C35H59N11O11S2/c1-18(2)11-19(12-27(49)46-57)32(53)42-21(13-25(36)47)34(55)43-22(16-58)33(54)40-14-28(50)39-15-29(51)41-20(31(37)52)7-5-6-10-38-26(48)9-4-3-8-24-30-23(17-59-24)44-35(56)45-30/h18-24,30,57-58H,3-17H2,1-2H3,(H2,36,47)(H2,37,52)(H,38,48)(H,39,50)(H,40,54)(H,41,51)(H,42,53)(H,43,55)(H,46,49)(H2,44,45,56)/t19?,20-,21-,22-,23-,24-,30-/m0/s1. The van der Waals surface area contributed by atoms with Crippen LogP contribution in [0, 0.1) is 11.8 Å². The van der Waals surface area contributed by atoms with Crippen LogP contribution in [-0.4, -0.2) is 131 Å². The number of urea groups is 1. The molecule has 2 aliphatic heterocycles. The van der Waals surface area contributed by atoms with E-state index in [9.17, 15) is 47.9 Å². The molecule has 0 aromatic carbocycles. The highest BCUT2D eigenvalue weighted by Gasteiger charge is 2.42. The van der Waals surface area contributed by atoms with Gasteiger partial charge in [-0.05, 0) is 44.4 Å². The Kier molecular flexibility index (Phi) is 22.4. The average molecular weight is 874 g/mol. The summed E-state index contributed by atoms with van der Waals surface area (Å²) in [7, 11) is 0. The third-order valence-electron chi connectivity index (χ3n) is 9.41. The van der Waals surface area contributed by atoms with Crippen molar-refractivity contribution >= 4 is 83.6 Å². The van der Waals surface area contributed by atoms with Gasteiger partial charge < -0.3 is 54.0 Å². The predicted molar refractivity (Wildman–Crippen MR) is 217 cm³/mol. The number of hydrogen-bond acceptors (Lipinski definition) is 13. The normalized spacial score (nSPS) is 18.7. The molecule has 11 amide bonds. The molecule has 22 nitrogen and oxygen atoms in total. The van der Waals surface area contributed by atoms with Gasteiger partial charge in [-0.3, -0.25) is 48.4 Å². The first-order valence-electron chi connectivity index (χ1n) is 19.4.